The summed E-state index contributed by atoms with van der Waals surface area (Å²) >= 11 is 0. The molecule has 2 aliphatic heterocycles. The van der Waals surface area contributed by atoms with E-state index in [4.69, 9.17) is 4.74 Å². The highest BCUT2D eigenvalue weighted by atomic mass is 16.5. The quantitative estimate of drug-likeness (QED) is 0.871. The molecule has 6 heteroatoms. The Labute approximate surface area is 160 Å². The van der Waals surface area contributed by atoms with Crippen LogP contribution in [0.5, 0.6) is 0 Å². The molecule has 6 nitrogen and oxygen atoms in total. The fraction of sp³-hybridized carbons (Fsp3) is 0.524. The Morgan fingerprint density at radius 3 is 2.74 bits per heavy atom. The lowest BCUT2D eigenvalue weighted by molar-refractivity contribution is -0.121. The molecule has 0 aliphatic carbocycles. The maximum Gasteiger partial charge on any atom is 0.227 e. The van der Waals surface area contributed by atoms with Gasteiger partial charge < -0.3 is 19.9 Å². The van der Waals surface area contributed by atoms with Crippen molar-refractivity contribution in [3.63, 3.8) is 0 Å². The molecule has 2 aromatic rings. The largest absolute Gasteiger partial charge is 0.377 e. The van der Waals surface area contributed by atoms with Gasteiger partial charge in [-0.2, -0.15) is 0 Å². The topological polar surface area (TPSA) is 68.2 Å². The molecule has 3 heterocycles. The van der Waals surface area contributed by atoms with Gasteiger partial charge in [-0.3, -0.25) is 4.79 Å². The van der Waals surface area contributed by atoms with E-state index < -0.39 is 0 Å². The minimum Gasteiger partial charge on any atom is -0.377 e. The van der Waals surface area contributed by atoms with Crippen LogP contribution in [0.25, 0.3) is 5.69 Å². The summed E-state index contributed by atoms with van der Waals surface area (Å²) in [5, 5.41) is 6.62. The summed E-state index contributed by atoms with van der Waals surface area (Å²) in [5.41, 5.74) is 4.04. The van der Waals surface area contributed by atoms with Crippen LogP contribution in [0.3, 0.4) is 0 Å². The Morgan fingerprint density at radius 1 is 1.26 bits per heavy atom. The number of piperidine rings is 1. The molecular weight excluding hydrogens is 340 g/mol. The third kappa shape index (κ3) is 3.92. The van der Waals surface area contributed by atoms with E-state index in [1.807, 2.05) is 37.5 Å². The molecule has 1 aromatic heterocycles. The lowest BCUT2D eigenvalue weighted by Crippen LogP contribution is -2.47. The molecule has 2 aliphatic rings. The van der Waals surface area contributed by atoms with Gasteiger partial charge in [-0.05, 0) is 70.3 Å². The first-order valence-corrected chi connectivity index (χ1v) is 9.88. The average molecular weight is 368 g/mol. The molecule has 27 heavy (non-hydrogen) atoms. The first-order chi connectivity index (χ1) is 13.1. The van der Waals surface area contributed by atoms with Crippen LogP contribution in [0.1, 0.15) is 37.1 Å². The first kappa shape index (κ1) is 18.2. The van der Waals surface area contributed by atoms with E-state index in [2.05, 4.69) is 27.1 Å². The first-order valence-electron chi connectivity index (χ1n) is 9.88. The number of benzene rings is 1. The number of hydrogen-bond acceptors (Lipinski definition) is 4. The number of hydrogen-bond donors (Lipinski definition) is 2. The van der Waals surface area contributed by atoms with E-state index in [-0.39, 0.29) is 17.9 Å². The number of nitrogens with one attached hydrogen (secondary N) is 2. The fourth-order valence-electron chi connectivity index (χ4n) is 4.10. The third-order valence-electron chi connectivity index (χ3n) is 5.89. The Morgan fingerprint density at radius 2 is 2.07 bits per heavy atom. The maximum absolute atomic E-state index is 12.7. The van der Waals surface area contributed by atoms with Crippen LogP contribution in [0.4, 0.5) is 5.69 Å². The number of aromatic nitrogens is 2. The molecule has 3 atom stereocenters. The van der Waals surface area contributed by atoms with Crippen LogP contribution in [-0.2, 0) is 9.53 Å². The minimum atomic E-state index is 0.0404. The Kier molecular flexibility index (Phi) is 5.27. The summed E-state index contributed by atoms with van der Waals surface area (Å²) in [6.45, 7) is 5.78. The smallest absolute Gasteiger partial charge is 0.227 e. The molecule has 2 N–H and O–H groups in total. The van der Waals surface area contributed by atoms with E-state index in [1.165, 1.54) is 0 Å². The third-order valence-corrected chi connectivity index (χ3v) is 5.89. The number of anilines is 1. The molecule has 1 amide bonds. The molecule has 0 saturated carbocycles. The minimum absolute atomic E-state index is 0.0404. The van der Waals surface area contributed by atoms with Crippen LogP contribution in [0, 0.1) is 19.8 Å². The zero-order chi connectivity index (χ0) is 18.8. The van der Waals surface area contributed by atoms with E-state index in [1.54, 1.807) is 0 Å². The molecular formula is C21H28N4O2. The number of nitrogens with zero attached hydrogens (tertiary/aromatic N) is 2. The Hall–Kier alpha value is -2.18. The second-order valence-corrected chi connectivity index (χ2v) is 7.65. The van der Waals surface area contributed by atoms with E-state index >= 15 is 0 Å². The molecule has 0 bridgehead atoms. The van der Waals surface area contributed by atoms with Gasteiger partial charge in [0.15, 0.2) is 0 Å². The van der Waals surface area contributed by atoms with Gasteiger partial charge in [0.1, 0.15) is 0 Å². The monoisotopic (exact) mass is 368 g/mol. The van der Waals surface area contributed by atoms with Gasteiger partial charge in [0.25, 0.3) is 0 Å². The lowest BCUT2D eigenvalue weighted by atomic mass is 9.88. The van der Waals surface area contributed by atoms with Gasteiger partial charge in [0, 0.05) is 35.6 Å². The molecule has 1 aromatic carbocycles. The van der Waals surface area contributed by atoms with E-state index in [0.717, 1.165) is 61.6 Å². The number of rotatable bonds is 4. The summed E-state index contributed by atoms with van der Waals surface area (Å²) in [6, 6.07) is 8.25. The molecule has 4 rings (SSSR count). The van der Waals surface area contributed by atoms with Crippen molar-refractivity contribution in [2.24, 2.45) is 5.92 Å². The molecule has 0 spiro atoms. The van der Waals surface area contributed by atoms with Crippen LogP contribution in [-0.4, -0.2) is 40.8 Å². The van der Waals surface area contributed by atoms with E-state index in [9.17, 15) is 4.79 Å². The Balaban J connectivity index is 1.38. The van der Waals surface area contributed by atoms with Gasteiger partial charge in [0.2, 0.25) is 5.91 Å². The van der Waals surface area contributed by atoms with Gasteiger partial charge in [-0.25, -0.2) is 4.98 Å². The highest BCUT2D eigenvalue weighted by molar-refractivity contribution is 5.92. The molecule has 2 saturated heterocycles. The predicted octanol–water partition coefficient (Wildman–Crippen LogP) is 2.97. The summed E-state index contributed by atoms with van der Waals surface area (Å²) < 4.78 is 7.86. The molecule has 0 radical (unpaired) electrons. The van der Waals surface area contributed by atoms with Crippen molar-refractivity contribution in [1.29, 1.82) is 0 Å². The summed E-state index contributed by atoms with van der Waals surface area (Å²) in [7, 11) is 0. The van der Waals surface area contributed by atoms with Crippen molar-refractivity contribution >= 4 is 11.6 Å². The van der Waals surface area contributed by atoms with Crippen molar-refractivity contribution in [1.82, 2.24) is 14.9 Å². The van der Waals surface area contributed by atoms with Crippen LogP contribution < -0.4 is 10.6 Å². The lowest BCUT2D eigenvalue weighted by Gasteiger charge is -2.32. The number of ether oxygens (including phenoxy) is 1. The fourth-order valence-corrected chi connectivity index (χ4v) is 4.10. The van der Waals surface area contributed by atoms with Gasteiger partial charge >= 0.3 is 0 Å². The van der Waals surface area contributed by atoms with Gasteiger partial charge in [-0.1, -0.05) is 0 Å². The van der Waals surface area contributed by atoms with Crippen LogP contribution >= 0.6 is 0 Å². The second-order valence-electron chi connectivity index (χ2n) is 7.65. The van der Waals surface area contributed by atoms with Crippen molar-refractivity contribution in [3.8, 4) is 5.69 Å². The summed E-state index contributed by atoms with van der Waals surface area (Å²) in [6.07, 6.45) is 6.05. The highest BCUT2D eigenvalue weighted by Gasteiger charge is 2.33. The summed E-state index contributed by atoms with van der Waals surface area (Å²) in [5.74, 6) is 0.153. The number of carbonyl (C=O) groups is 1. The SMILES string of the molecule is Cc1ncn(-c2ccc(NC(=O)C3CCNC(C4CCCO4)C3)cc2)c1C. The zero-order valence-corrected chi connectivity index (χ0v) is 16.1. The van der Waals surface area contributed by atoms with Crippen LogP contribution in [0.15, 0.2) is 30.6 Å². The van der Waals surface area contributed by atoms with Crippen LogP contribution in [0.2, 0.25) is 0 Å². The highest BCUT2D eigenvalue weighted by Crippen LogP contribution is 2.26. The van der Waals surface area contributed by atoms with Crippen molar-refractivity contribution in [2.45, 2.75) is 51.7 Å². The number of amides is 1. The number of carbonyl (C=O) groups excluding carboxylic acids is 1. The van der Waals surface area contributed by atoms with Crippen molar-refractivity contribution in [3.05, 3.63) is 42.0 Å². The zero-order valence-electron chi connectivity index (χ0n) is 16.1. The molecule has 144 valence electrons. The number of aryl methyl sites for hydroxylation is 1. The molecule has 2 fully saturated rings. The molecule has 3 unspecified atom stereocenters. The van der Waals surface area contributed by atoms with Gasteiger partial charge in [-0.15, -0.1) is 0 Å². The van der Waals surface area contributed by atoms with Crippen molar-refractivity contribution < 1.29 is 9.53 Å². The standard InChI is InChI=1S/C21H28N4O2/c1-14-15(2)25(13-23-14)18-7-5-17(6-8-18)24-21(26)16-9-10-22-19(12-16)20-4-3-11-27-20/h5-8,13,16,19-20,22H,3-4,9-12H2,1-2H3,(H,24,26). The van der Waals surface area contributed by atoms with Gasteiger partial charge in [0.05, 0.1) is 18.1 Å². The Bertz CT molecular complexity index is 793. The van der Waals surface area contributed by atoms with E-state index in [0.29, 0.717) is 6.04 Å². The van der Waals surface area contributed by atoms with Crippen molar-refractivity contribution in [2.75, 3.05) is 18.5 Å². The average Bonchev–Trinajstić information content (AvgIpc) is 3.34. The summed E-state index contributed by atoms with van der Waals surface area (Å²) in [4.78, 5) is 17.1. The normalized spacial score (nSPS) is 25.5. The maximum atomic E-state index is 12.7. The second kappa shape index (κ2) is 7.82. The predicted molar refractivity (Wildman–Crippen MR) is 105 cm³/mol. The number of imidazole rings is 1.